The summed E-state index contributed by atoms with van der Waals surface area (Å²) in [6, 6.07) is 8.85. The van der Waals surface area contributed by atoms with Gasteiger partial charge >= 0.3 is 0 Å². The number of ketones is 1. The van der Waals surface area contributed by atoms with Crippen LogP contribution in [-0.2, 0) is 6.42 Å². The normalized spacial score (nSPS) is 10.0. The lowest BCUT2D eigenvalue weighted by molar-refractivity contribution is 0.0992. The van der Waals surface area contributed by atoms with E-state index in [4.69, 9.17) is 9.47 Å². The molecule has 0 unspecified atom stereocenters. The summed E-state index contributed by atoms with van der Waals surface area (Å²) >= 11 is 0. The number of nitrogens with zero attached hydrogens (tertiary/aromatic N) is 1. The first kappa shape index (κ1) is 13.1. The molecule has 2 rings (SSSR count). The second kappa shape index (κ2) is 6.00. The lowest BCUT2D eigenvalue weighted by atomic mass is 10.0. The van der Waals surface area contributed by atoms with E-state index in [2.05, 4.69) is 4.98 Å². The molecule has 1 aromatic carbocycles. The molecule has 0 radical (unpaired) electrons. The Morgan fingerprint density at radius 2 is 1.84 bits per heavy atom. The van der Waals surface area contributed by atoms with E-state index in [0.29, 0.717) is 23.5 Å². The molecule has 0 aliphatic rings. The van der Waals surface area contributed by atoms with Gasteiger partial charge < -0.3 is 9.47 Å². The van der Waals surface area contributed by atoms with Crippen LogP contribution in [0.15, 0.2) is 42.7 Å². The highest BCUT2D eigenvalue weighted by atomic mass is 16.5. The number of methoxy groups -OCH3 is 2. The van der Waals surface area contributed by atoms with Gasteiger partial charge in [-0.2, -0.15) is 0 Å². The van der Waals surface area contributed by atoms with Crippen LogP contribution < -0.4 is 9.47 Å². The highest BCUT2D eigenvalue weighted by molar-refractivity contribution is 5.98. The van der Waals surface area contributed by atoms with Crippen molar-refractivity contribution in [1.82, 2.24) is 4.98 Å². The van der Waals surface area contributed by atoms with E-state index >= 15 is 0 Å². The van der Waals surface area contributed by atoms with Crippen LogP contribution in [0.25, 0.3) is 0 Å². The third-order valence-corrected chi connectivity index (χ3v) is 2.76. The van der Waals surface area contributed by atoms with Crippen LogP contribution in [0, 0.1) is 0 Å². The van der Waals surface area contributed by atoms with Crippen LogP contribution >= 0.6 is 0 Å². The Morgan fingerprint density at radius 1 is 1.16 bits per heavy atom. The third kappa shape index (κ3) is 3.31. The number of ether oxygens (including phenoxy) is 2. The lowest BCUT2D eigenvalue weighted by Gasteiger charge is -2.07. The molecule has 0 fully saturated rings. The minimum absolute atomic E-state index is 0.00481. The number of pyridine rings is 1. The molecule has 0 saturated carbocycles. The quantitative estimate of drug-likeness (QED) is 0.772. The van der Waals surface area contributed by atoms with E-state index in [-0.39, 0.29) is 5.78 Å². The maximum Gasteiger partial charge on any atom is 0.167 e. The lowest BCUT2D eigenvalue weighted by Crippen LogP contribution is -2.04. The van der Waals surface area contributed by atoms with Gasteiger partial charge in [-0.3, -0.25) is 9.78 Å². The Balaban J connectivity index is 2.23. The second-order valence-corrected chi connectivity index (χ2v) is 4.06. The molecule has 0 atom stereocenters. The first-order valence-corrected chi connectivity index (χ1v) is 5.88. The van der Waals surface area contributed by atoms with E-state index in [1.54, 1.807) is 44.8 Å². The predicted octanol–water partition coefficient (Wildman–Crippen LogP) is 2.52. The van der Waals surface area contributed by atoms with Crippen molar-refractivity contribution in [3.63, 3.8) is 0 Å². The van der Waals surface area contributed by atoms with Crippen molar-refractivity contribution in [2.75, 3.05) is 14.2 Å². The average molecular weight is 257 g/mol. The minimum atomic E-state index is 0.00481. The van der Waals surface area contributed by atoms with Gasteiger partial charge in [-0.1, -0.05) is 6.07 Å². The summed E-state index contributed by atoms with van der Waals surface area (Å²) in [5.74, 6) is 1.22. The van der Waals surface area contributed by atoms with Crippen LogP contribution in [-0.4, -0.2) is 25.0 Å². The van der Waals surface area contributed by atoms with Gasteiger partial charge in [-0.15, -0.1) is 0 Å². The Hall–Kier alpha value is -2.36. The van der Waals surface area contributed by atoms with Gasteiger partial charge in [0.15, 0.2) is 5.78 Å². The first-order valence-electron chi connectivity index (χ1n) is 5.88. The zero-order valence-corrected chi connectivity index (χ0v) is 10.9. The number of carbonyl (C=O) groups is 1. The largest absolute Gasteiger partial charge is 0.497 e. The first-order chi connectivity index (χ1) is 9.22. The van der Waals surface area contributed by atoms with Gasteiger partial charge in [-0.05, 0) is 23.8 Å². The van der Waals surface area contributed by atoms with Crippen molar-refractivity contribution in [2.45, 2.75) is 6.42 Å². The molecule has 0 aliphatic carbocycles. The van der Waals surface area contributed by atoms with Gasteiger partial charge in [0.25, 0.3) is 0 Å². The molecule has 0 bridgehead atoms. The van der Waals surface area contributed by atoms with Crippen molar-refractivity contribution < 1.29 is 14.3 Å². The molecule has 0 saturated heterocycles. The highest BCUT2D eigenvalue weighted by Gasteiger charge is 2.10. The predicted molar refractivity (Wildman–Crippen MR) is 71.8 cm³/mol. The number of carbonyl (C=O) groups excluding carboxylic acids is 1. The third-order valence-electron chi connectivity index (χ3n) is 2.76. The molecule has 2 aromatic rings. The van der Waals surface area contributed by atoms with Crippen molar-refractivity contribution >= 4 is 5.78 Å². The molecule has 0 amide bonds. The number of hydrogen-bond donors (Lipinski definition) is 0. The Labute approximate surface area is 112 Å². The maximum absolute atomic E-state index is 12.2. The monoisotopic (exact) mass is 257 g/mol. The van der Waals surface area contributed by atoms with Gasteiger partial charge in [0.05, 0.1) is 14.2 Å². The molecule has 1 heterocycles. The number of benzene rings is 1. The van der Waals surface area contributed by atoms with E-state index in [1.807, 2.05) is 12.1 Å². The summed E-state index contributed by atoms with van der Waals surface area (Å²) in [5.41, 5.74) is 1.45. The van der Waals surface area contributed by atoms with Gasteiger partial charge in [0.1, 0.15) is 11.5 Å². The van der Waals surface area contributed by atoms with Crippen molar-refractivity contribution in [2.24, 2.45) is 0 Å². The second-order valence-electron chi connectivity index (χ2n) is 4.06. The average Bonchev–Trinajstić information content (AvgIpc) is 2.47. The number of Topliss-reactive ketones (excluding diaryl/α,β-unsaturated/α-hetero) is 1. The zero-order valence-electron chi connectivity index (χ0n) is 10.9. The van der Waals surface area contributed by atoms with Crippen LogP contribution in [0.3, 0.4) is 0 Å². The molecule has 0 spiro atoms. The fraction of sp³-hybridized carbons (Fsp3) is 0.200. The van der Waals surface area contributed by atoms with Crippen molar-refractivity contribution in [3.05, 3.63) is 53.9 Å². The molecule has 4 nitrogen and oxygen atoms in total. The van der Waals surface area contributed by atoms with Gasteiger partial charge in [0, 0.05) is 30.4 Å². The summed E-state index contributed by atoms with van der Waals surface area (Å²) < 4.78 is 10.3. The summed E-state index contributed by atoms with van der Waals surface area (Å²) in [5, 5.41) is 0. The minimum Gasteiger partial charge on any atom is -0.497 e. The number of aromatic nitrogens is 1. The summed E-state index contributed by atoms with van der Waals surface area (Å²) in [7, 11) is 3.12. The SMILES string of the molecule is COc1cc(OC)cc(C(=O)Cc2cccnc2)c1. The van der Waals surface area contributed by atoms with Crippen molar-refractivity contribution in [3.8, 4) is 11.5 Å². The molecule has 0 aliphatic heterocycles. The fourth-order valence-corrected chi connectivity index (χ4v) is 1.76. The Morgan fingerprint density at radius 3 is 2.37 bits per heavy atom. The van der Waals surface area contributed by atoms with E-state index in [1.165, 1.54) is 0 Å². The highest BCUT2D eigenvalue weighted by Crippen LogP contribution is 2.23. The Kier molecular flexibility index (Phi) is 4.13. The van der Waals surface area contributed by atoms with E-state index in [0.717, 1.165) is 5.56 Å². The van der Waals surface area contributed by atoms with Crippen molar-refractivity contribution in [1.29, 1.82) is 0 Å². The topological polar surface area (TPSA) is 48.4 Å². The molecule has 98 valence electrons. The van der Waals surface area contributed by atoms with Gasteiger partial charge in [0.2, 0.25) is 0 Å². The van der Waals surface area contributed by atoms with Crippen LogP contribution in [0.2, 0.25) is 0 Å². The zero-order chi connectivity index (χ0) is 13.7. The smallest absolute Gasteiger partial charge is 0.167 e. The molecule has 19 heavy (non-hydrogen) atoms. The standard InChI is InChI=1S/C15H15NO3/c1-18-13-7-12(8-14(9-13)19-2)15(17)6-11-4-3-5-16-10-11/h3-5,7-10H,6H2,1-2H3. The van der Waals surface area contributed by atoms with E-state index < -0.39 is 0 Å². The van der Waals surface area contributed by atoms with E-state index in [9.17, 15) is 4.79 Å². The molecular weight excluding hydrogens is 242 g/mol. The summed E-state index contributed by atoms with van der Waals surface area (Å²) in [6.45, 7) is 0. The van der Waals surface area contributed by atoms with Crippen LogP contribution in [0.5, 0.6) is 11.5 Å². The van der Waals surface area contributed by atoms with Gasteiger partial charge in [-0.25, -0.2) is 0 Å². The number of hydrogen-bond acceptors (Lipinski definition) is 4. The van der Waals surface area contributed by atoms with Crippen LogP contribution in [0.1, 0.15) is 15.9 Å². The molecular formula is C15H15NO3. The Bertz CT molecular complexity index is 545. The summed E-state index contributed by atoms with van der Waals surface area (Å²) in [4.78, 5) is 16.2. The molecule has 0 N–H and O–H groups in total. The maximum atomic E-state index is 12.2. The summed E-state index contributed by atoms with van der Waals surface area (Å²) in [6.07, 6.45) is 3.68. The fourth-order valence-electron chi connectivity index (χ4n) is 1.76. The number of rotatable bonds is 5. The van der Waals surface area contributed by atoms with Crippen LogP contribution in [0.4, 0.5) is 0 Å². The molecule has 1 aromatic heterocycles. The molecule has 4 heteroatoms.